The fourth-order valence-corrected chi connectivity index (χ4v) is 3.88. The number of hydrogen-bond donors (Lipinski definition) is 1. The van der Waals surface area contributed by atoms with E-state index in [9.17, 15) is 0 Å². The summed E-state index contributed by atoms with van der Waals surface area (Å²) in [4.78, 5) is 0. The topological polar surface area (TPSA) is 70.8 Å². The van der Waals surface area contributed by atoms with Crippen molar-refractivity contribution in [1.82, 2.24) is 10.2 Å². The number of nitriles is 1. The third-order valence-corrected chi connectivity index (χ3v) is 5.44. The van der Waals surface area contributed by atoms with Gasteiger partial charge in [-0.05, 0) is 30.5 Å². The molecule has 1 aliphatic heterocycles. The van der Waals surface area contributed by atoms with Crippen molar-refractivity contribution in [2.75, 3.05) is 18.5 Å². The van der Waals surface area contributed by atoms with Gasteiger partial charge in [0.1, 0.15) is 0 Å². The monoisotopic (exact) mass is 332 g/mol. The summed E-state index contributed by atoms with van der Waals surface area (Å²) in [6.45, 7) is 1.67. The van der Waals surface area contributed by atoms with Gasteiger partial charge in [0, 0.05) is 18.9 Å². The Bertz CT molecular complexity index is 644. The number of rotatable bonds is 6. The molecule has 1 aromatic carbocycles. The van der Waals surface area contributed by atoms with Gasteiger partial charge in [0.05, 0.1) is 17.7 Å². The molecule has 5 nitrogen and oxygen atoms in total. The highest BCUT2D eigenvalue weighted by atomic mass is 32.2. The van der Waals surface area contributed by atoms with Crippen LogP contribution < -0.4 is 5.32 Å². The third-order valence-electron chi connectivity index (χ3n) is 3.36. The van der Waals surface area contributed by atoms with Crippen molar-refractivity contribution < 1.29 is 4.74 Å². The molecule has 0 saturated carbocycles. The van der Waals surface area contributed by atoms with Crippen LogP contribution >= 0.6 is 23.1 Å². The Kier molecular flexibility index (Phi) is 5.27. The van der Waals surface area contributed by atoms with Gasteiger partial charge in [-0.1, -0.05) is 35.2 Å². The molecule has 7 heteroatoms. The highest BCUT2D eigenvalue weighted by Gasteiger charge is 2.15. The van der Waals surface area contributed by atoms with Crippen molar-refractivity contribution in [1.29, 1.82) is 5.26 Å². The molecule has 1 saturated heterocycles. The Labute approximate surface area is 137 Å². The Morgan fingerprint density at radius 2 is 2.23 bits per heavy atom. The van der Waals surface area contributed by atoms with Crippen LogP contribution in [0.4, 0.5) is 5.13 Å². The first kappa shape index (κ1) is 15.3. The molecule has 1 N–H and O–H groups in total. The van der Waals surface area contributed by atoms with Crippen molar-refractivity contribution in [2.45, 2.75) is 29.0 Å². The van der Waals surface area contributed by atoms with E-state index in [0.29, 0.717) is 11.7 Å². The summed E-state index contributed by atoms with van der Waals surface area (Å²) >= 11 is 3.22. The van der Waals surface area contributed by atoms with Crippen molar-refractivity contribution in [3.63, 3.8) is 0 Å². The number of nitrogens with one attached hydrogen (secondary N) is 1. The molecular formula is C15H16N4OS2. The van der Waals surface area contributed by atoms with Crippen LogP contribution in [0.2, 0.25) is 0 Å². The number of aromatic nitrogens is 2. The van der Waals surface area contributed by atoms with Crippen molar-refractivity contribution in [3.8, 4) is 6.07 Å². The lowest BCUT2D eigenvalue weighted by molar-refractivity contribution is 0.120. The second-order valence-electron chi connectivity index (χ2n) is 4.99. The zero-order valence-corrected chi connectivity index (χ0v) is 13.6. The fourth-order valence-electron chi connectivity index (χ4n) is 2.17. The summed E-state index contributed by atoms with van der Waals surface area (Å²) in [7, 11) is 0. The third kappa shape index (κ3) is 4.19. The van der Waals surface area contributed by atoms with E-state index in [4.69, 9.17) is 10.00 Å². The van der Waals surface area contributed by atoms with Gasteiger partial charge in [-0.3, -0.25) is 0 Å². The molecule has 0 aliphatic carbocycles. The Morgan fingerprint density at radius 3 is 2.95 bits per heavy atom. The number of thioether (sulfide) groups is 1. The fraction of sp³-hybridized carbons (Fsp3) is 0.400. The second-order valence-corrected chi connectivity index (χ2v) is 7.19. The molecule has 1 aliphatic rings. The maximum atomic E-state index is 8.78. The molecule has 1 atom stereocenters. The van der Waals surface area contributed by atoms with Gasteiger partial charge in [-0.15, -0.1) is 10.2 Å². The molecule has 114 valence electrons. The standard InChI is InChI=1S/C15H16N4OS2/c16-8-11-3-5-12(6-4-11)10-21-15-19-18-14(22-15)17-9-13-2-1-7-20-13/h3-6,13H,1-2,7,9-10H2,(H,17,18). The largest absolute Gasteiger partial charge is 0.376 e. The molecule has 22 heavy (non-hydrogen) atoms. The first-order chi connectivity index (χ1) is 10.8. The first-order valence-corrected chi connectivity index (χ1v) is 8.94. The van der Waals surface area contributed by atoms with E-state index in [0.717, 1.165) is 41.2 Å². The van der Waals surface area contributed by atoms with Crippen LogP contribution in [0.5, 0.6) is 0 Å². The van der Waals surface area contributed by atoms with Crippen LogP contribution in [-0.2, 0) is 10.5 Å². The molecule has 0 amide bonds. The zero-order chi connectivity index (χ0) is 15.2. The van der Waals surface area contributed by atoms with Gasteiger partial charge in [-0.25, -0.2) is 0 Å². The minimum absolute atomic E-state index is 0.304. The van der Waals surface area contributed by atoms with Crippen molar-refractivity contribution >= 4 is 28.2 Å². The molecule has 3 rings (SSSR count). The number of nitrogens with zero attached hydrogens (tertiary/aromatic N) is 3. The molecule has 2 aromatic rings. The lowest BCUT2D eigenvalue weighted by atomic mass is 10.2. The van der Waals surface area contributed by atoms with E-state index < -0.39 is 0 Å². The second kappa shape index (κ2) is 7.58. The number of hydrogen-bond acceptors (Lipinski definition) is 7. The average Bonchev–Trinajstić information content (AvgIpc) is 3.23. The molecule has 2 heterocycles. The minimum atomic E-state index is 0.304. The molecule has 0 radical (unpaired) electrons. The molecule has 1 unspecified atom stereocenters. The van der Waals surface area contributed by atoms with Crippen LogP contribution in [0.3, 0.4) is 0 Å². The Balaban J connectivity index is 1.47. The summed E-state index contributed by atoms with van der Waals surface area (Å²) in [6, 6.07) is 9.75. The lowest BCUT2D eigenvalue weighted by Crippen LogP contribution is -2.18. The smallest absolute Gasteiger partial charge is 0.206 e. The normalized spacial score (nSPS) is 17.3. The van der Waals surface area contributed by atoms with Gasteiger partial charge < -0.3 is 10.1 Å². The predicted octanol–water partition coefficient (Wildman–Crippen LogP) is 3.29. The van der Waals surface area contributed by atoms with E-state index in [2.05, 4.69) is 21.6 Å². The van der Waals surface area contributed by atoms with E-state index in [1.54, 1.807) is 23.1 Å². The molecule has 1 aromatic heterocycles. The van der Waals surface area contributed by atoms with E-state index >= 15 is 0 Å². The highest BCUT2D eigenvalue weighted by molar-refractivity contribution is 8.00. The van der Waals surface area contributed by atoms with Gasteiger partial charge in [0.2, 0.25) is 5.13 Å². The summed E-state index contributed by atoms with van der Waals surface area (Å²) in [5, 5.41) is 21.3. The van der Waals surface area contributed by atoms with E-state index in [1.807, 2.05) is 24.3 Å². The summed E-state index contributed by atoms with van der Waals surface area (Å²) < 4.78 is 6.52. The SMILES string of the molecule is N#Cc1ccc(CSc2nnc(NCC3CCCO3)s2)cc1. The maximum Gasteiger partial charge on any atom is 0.206 e. The Morgan fingerprint density at radius 1 is 1.36 bits per heavy atom. The highest BCUT2D eigenvalue weighted by Crippen LogP contribution is 2.28. The van der Waals surface area contributed by atoms with Crippen LogP contribution in [-0.4, -0.2) is 29.5 Å². The summed E-state index contributed by atoms with van der Waals surface area (Å²) in [5.41, 5.74) is 1.86. The lowest BCUT2D eigenvalue weighted by Gasteiger charge is -2.08. The Hall–Kier alpha value is -1.62. The molecular weight excluding hydrogens is 316 g/mol. The summed E-state index contributed by atoms with van der Waals surface area (Å²) in [5.74, 6) is 0.825. The van der Waals surface area contributed by atoms with E-state index in [1.165, 1.54) is 5.56 Å². The summed E-state index contributed by atoms with van der Waals surface area (Å²) in [6.07, 6.45) is 2.57. The van der Waals surface area contributed by atoms with Gasteiger partial charge in [0.15, 0.2) is 4.34 Å². The zero-order valence-electron chi connectivity index (χ0n) is 12.0. The van der Waals surface area contributed by atoms with Crippen molar-refractivity contribution in [2.24, 2.45) is 0 Å². The van der Waals surface area contributed by atoms with Crippen molar-refractivity contribution in [3.05, 3.63) is 35.4 Å². The van der Waals surface area contributed by atoms with Crippen LogP contribution in [0.25, 0.3) is 0 Å². The predicted molar refractivity (Wildman–Crippen MR) is 88.1 cm³/mol. The van der Waals surface area contributed by atoms with E-state index in [-0.39, 0.29) is 0 Å². The molecule has 1 fully saturated rings. The quantitative estimate of drug-likeness (QED) is 0.819. The van der Waals surface area contributed by atoms with Crippen LogP contribution in [0, 0.1) is 11.3 Å². The molecule has 0 spiro atoms. The molecule has 0 bridgehead atoms. The first-order valence-electron chi connectivity index (χ1n) is 7.14. The number of anilines is 1. The number of benzene rings is 1. The van der Waals surface area contributed by atoms with Gasteiger partial charge in [0.25, 0.3) is 0 Å². The van der Waals surface area contributed by atoms with Gasteiger partial charge in [-0.2, -0.15) is 5.26 Å². The van der Waals surface area contributed by atoms with Gasteiger partial charge >= 0.3 is 0 Å². The minimum Gasteiger partial charge on any atom is -0.376 e. The van der Waals surface area contributed by atoms with Crippen LogP contribution in [0.15, 0.2) is 28.6 Å². The van der Waals surface area contributed by atoms with Crippen LogP contribution in [0.1, 0.15) is 24.0 Å². The average molecular weight is 332 g/mol. The maximum absolute atomic E-state index is 8.78. The number of ether oxygens (including phenoxy) is 1.